The van der Waals surface area contributed by atoms with Gasteiger partial charge in [0.1, 0.15) is 6.10 Å². The SMILES string of the molecule is Cn1cc(CC(=O)N2CCO[C@@H](c3ccccc3)C2)c2ccccc21. The van der Waals surface area contributed by atoms with Crippen LogP contribution in [0.1, 0.15) is 17.2 Å². The van der Waals surface area contributed by atoms with E-state index in [0.717, 1.165) is 22.0 Å². The largest absolute Gasteiger partial charge is 0.370 e. The highest BCUT2D eigenvalue weighted by molar-refractivity contribution is 5.89. The lowest BCUT2D eigenvalue weighted by Gasteiger charge is -2.33. The Balaban J connectivity index is 1.50. The number of aryl methyl sites for hydroxylation is 1. The molecule has 0 radical (unpaired) electrons. The summed E-state index contributed by atoms with van der Waals surface area (Å²) in [6.45, 7) is 1.86. The van der Waals surface area contributed by atoms with Gasteiger partial charge in [0.2, 0.25) is 5.91 Å². The van der Waals surface area contributed by atoms with Gasteiger partial charge < -0.3 is 14.2 Å². The Morgan fingerprint density at radius 1 is 1.12 bits per heavy atom. The first-order valence-electron chi connectivity index (χ1n) is 8.69. The lowest BCUT2D eigenvalue weighted by Crippen LogP contribution is -2.42. The lowest BCUT2D eigenvalue weighted by molar-refractivity contribution is -0.138. The van der Waals surface area contributed by atoms with Crippen molar-refractivity contribution in [3.05, 3.63) is 71.9 Å². The Hall–Kier alpha value is -2.59. The number of morpholine rings is 1. The standard InChI is InChI=1S/C21H22N2O2/c1-22-14-17(18-9-5-6-10-19(18)22)13-21(24)23-11-12-25-20(15-23)16-7-3-2-4-8-16/h2-10,14,20H,11-13,15H2,1H3/t20-/m1/s1. The van der Waals surface area contributed by atoms with Crippen LogP contribution >= 0.6 is 0 Å². The van der Waals surface area contributed by atoms with Gasteiger partial charge in [0.25, 0.3) is 0 Å². The van der Waals surface area contributed by atoms with E-state index in [9.17, 15) is 4.79 Å². The van der Waals surface area contributed by atoms with Gasteiger partial charge in [-0.3, -0.25) is 4.79 Å². The van der Waals surface area contributed by atoms with Crippen LogP contribution in [0.15, 0.2) is 60.8 Å². The fraction of sp³-hybridized carbons (Fsp3) is 0.286. The van der Waals surface area contributed by atoms with Gasteiger partial charge >= 0.3 is 0 Å². The summed E-state index contributed by atoms with van der Waals surface area (Å²) in [7, 11) is 2.02. The molecule has 4 nitrogen and oxygen atoms in total. The Bertz CT molecular complexity index is 885. The summed E-state index contributed by atoms with van der Waals surface area (Å²) >= 11 is 0. The minimum absolute atomic E-state index is 0.0357. The summed E-state index contributed by atoms with van der Waals surface area (Å²) in [5, 5.41) is 1.16. The van der Waals surface area contributed by atoms with Gasteiger partial charge in [-0.2, -0.15) is 0 Å². The smallest absolute Gasteiger partial charge is 0.227 e. The second-order valence-electron chi connectivity index (χ2n) is 6.57. The van der Waals surface area contributed by atoms with Crippen LogP contribution in [-0.4, -0.2) is 35.1 Å². The molecular weight excluding hydrogens is 312 g/mol. The minimum Gasteiger partial charge on any atom is -0.370 e. The monoisotopic (exact) mass is 334 g/mol. The number of rotatable bonds is 3. The number of hydrogen-bond acceptors (Lipinski definition) is 2. The van der Waals surface area contributed by atoms with Crippen molar-refractivity contribution in [1.29, 1.82) is 0 Å². The van der Waals surface area contributed by atoms with E-state index >= 15 is 0 Å². The van der Waals surface area contributed by atoms with Crippen LogP contribution in [0.3, 0.4) is 0 Å². The van der Waals surface area contributed by atoms with Crippen LogP contribution in [-0.2, 0) is 23.0 Å². The van der Waals surface area contributed by atoms with E-state index in [2.05, 4.69) is 35.0 Å². The Kier molecular flexibility index (Phi) is 4.28. The fourth-order valence-electron chi connectivity index (χ4n) is 3.59. The average Bonchev–Trinajstić information content (AvgIpc) is 2.98. The maximum absolute atomic E-state index is 12.9. The number of aromatic nitrogens is 1. The predicted octanol–water partition coefficient (Wildman–Crippen LogP) is 3.32. The summed E-state index contributed by atoms with van der Waals surface area (Å²) in [5.74, 6) is 0.167. The quantitative estimate of drug-likeness (QED) is 0.736. The Morgan fingerprint density at radius 2 is 1.88 bits per heavy atom. The second kappa shape index (κ2) is 6.73. The summed E-state index contributed by atoms with van der Waals surface area (Å²) in [4.78, 5) is 14.8. The van der Waals surface area contributed by atoms with E-state index in [0.29, 0.717) is 26.1 Å². The maximum atomic E-state index is 12.9. The van der Waals surface area contributed by atoms with Gasteiger partial charge in [0.05, 0.1) is 19.6 Å². The van der Waals surface area contributed by atoms with Gasteiger partial charge in [0, 0.05) is 30.7 Å². The molecule has 3 aromatic rings. The number of nitrogens with zero attached hydrogens (tertiary/aromatic N) is 2. The summed E-state index contributed by atoms with van der Waals surface area (Å²) in [6, 6.07) is 18.4. The number of hydrogen-bond donors (Lipinski definition) is 0. The maximum Gasteiger partial charge on any atom is 0.227 e. The van der Waals surface area contributed by atoms with Crippen LogP contribution in [0, 0.1) is 0 Å². The highest BCUT2D eigenvalue weighted by Gasteiger charge is 2.25. The molecule has 0 N–H and O–H groups in total. The van der Waals surface area contributed by atoms with Gasteiger partial charge in [-0.1, -0.05) is 48.5 Å². The third kappa shape index (κ3) is 3.17. The van der Waals surface area contributed by atoms with Crippen molar-refractivity contribution in [2.24, 2.45) is 7.05 Å². The van der Waals surface area contributed by atoms with Crippen LogP contribution in [0.5, 0.6) is 0 Å². The molecule has 0 aliphatic carbocycles. The topological polar surface area (TPSA) is 34.5 Å². The third-order valence-electron chi connectivity index (χ3n) is 4.91. The van der Waals surface area contributed by atoms with Gasteiger partial charge in [-0.05, 0) is 17.2 Å². The van der Waals surface area contributed by atoms with Crippen molar-refractivity contribution in [3.63, 3.8) is 0 Å². The summed E-state index contributed by atoms with van der Waals surface area (Å²) in [6.07, 6.45) is 2.46. The minimum atomic E-state index is -0.0357. The zero-order valence-electron chi connectivity index (χ0n) is 14.4. The predicted molar refractivity (Wildman–Crippen MR) is 98.3 cm³/mol. The van der Waals surface area contributed by atoms with E-state index in [-0.39, 0.29) is 12.0 Å². The summed E-state index contributed by atoms with van der Waals surface area (Å²) in [5.41, 5.74) is 3.38. The number of para-hydroxylation sites is 1. The number of carbonyl (C=O) groups is 1. The van der Waals surface area contributed by atoms with Crippen molar-refractivity contribution in [2.45, 2.75) is 12.5 Å². The van der Waals surface area contributed by atoms with Crippen molar-refractivity contribution >= 4 is 16.8 Å². The molecular formula is C21H22N2O2. The number of ether oxygens (including phenoxy) is 1. The molecule has 0 spiro atoms. The van der Waals surface area contributed by atoms with Crippen molar-refractivity contribution in [3.8, 4) is 0 Å². The molecule has 1 aromatic heterocycles. The van der Waals surface area contributed by atoms with Crippen molar-refractivity contribution in [2.75, 3.05) is 19.7 Å². The zero-order valence-corrected chi connectivity index (χ0v) is 14.4. The molecule has 0 bridgehead atoms. The van der Waals surface area contributed by atoms with Gasteiger partial charge in [-0.25, -0.2) is 0 Å². The molecule has 1 aliphatic heterocycles. The average molecular weight is 334 g/mol. The van der Waals surface area contributed by atoms with Crippen LogP contribution < -0.4 is 0 Å². The Labute approximate surface area is 147 Å². The number of fused-ring (bicyclic) bond motifs is 1. The van der Waals surface area contributed by atoms with Gasteiger partial charge in [-0.15, -0.1) is 0 Å². The number of amides is 1. The second-order valence-corrected chi connectivity index (χ2v) is 6.57. The lowest BCUT2D eigenvalue weighted by atomic mass is 10.1. The molecule has 1 saturated heterocycles. The molecule has 2 aromatic carbocycles. The molecule has 1 amide bonds. The van der Waals surface area contributed by atoms with Crippen LogP contribution in [0.2, 0.25) is 0 Å². The molecule has 1 aliphatic rings. The van der Waals surface area contributed by atoms with E-state index in [4.69, 9.17) is 4.74 Å². The first-order chi connectivity index (χ1) is 12.2. The fourth-order valence-corrected chi connectivity index (χ4v) is 3.59. The molecule has 0 saturated carbocycles. The normalized spacial score (nSPS) is 17.8. The molecule has 4 heteroatoms. The van der Waals surface area contributed by atoms with E-state index < -0.39 is 0 Å². The highest BCUT2D eigenvalue weighted by Crippen LogP contribution is 2.24. The molecule has 2 heterocycles. The highest BCUT2D eigenvalue weighted by atomic mass is 16.5. The molecule has 4 rings (SSSR count). The van der Waals surface area contributed by atoms with Crippen molar-refractivity contribution in [1.82, 2.24) is 9.47 Å². The van der Waals surface area contributed by atoms with Crippen LogP contribution in [0.25, 0.3) is 10.9 Å². The van der Waals surface area contributed by atoms with Crippen molar-refractivity contribution < 1.29 is 9.53 Å². The van der Waals surface area contributed by atoms with Gasteiger partial charge in [0.15, 0.2) is 0 Å². The first-order valence-corrected chi connectivity index (χ1v) is 8.69. The number of benzene rings is 2. The molecule has 128 valence electrons. The first kappa shape index (κ1) is 15.9. The van der Waals surface area contributed by atoms with E-state index in [1.165, 1.54) is 0 Å². The zero-order chi connectivity index (χ0) is 17.2. The van der Waals surface area contributed by atoms with E-state index in [1.54, 1.807) is 0 Å². The third-order valence-corrected chi connectivity index (χ3v) is 4.91. The molecule has 0 unspecified atom stereocenters. The van der Waals surface area contributed by atoms with E-state index in [1.807, 2.05) is 42.3 Å². The molecule has 25 heavy (non-hydrogen) atoms. The molecule has 1 fully saturated rings. The summed E-state index contributed by atoms with van der Waals surface area (Å²) < 4.78 is 7.96. The van der Waals surface area contributed by atoms with Crippen LogP contribution in [0.4, 0.5) is 0 Å². The molecule has 1 atom stereocenters. The Morgan fingerprint density at radius 3 is 2.72 bits per heavy atom. The number of carbonyl (C=O) groups excluding carboxylic acids is 1.